The van der Waals surface area contributed by atoms with Gasteiger partial charge < -0.3 is 9.88 Å². The van der Waals surface area contributed by atoms with Gasteiger partial charge in [-0.1, -0.05) is 6.42 Å². The van der Waals surface area contributed by atoms with Gasteiger partial charge in [0.1, 0.15) is 12.4 Å². The first-order chi connectivity index (χ1) is 11.0. The molecule has 0 unspecified atom stereocenters. The molecule has 1 aliphatic rings. The van der Waals surface area contributed by atoms with Crippen molar-refractivity contribution in [1.29, 1.82) is 0 Å². The Morgan fingerprint density at radius 2 is 2.13 bits per heavy atom. The average molecular weight is 316 g/mol. The third-order valence-corrected chi connectivity index (χ3v) is 4.30. The van der Waals surface area contributed by atoms with Gasteiger partial charge in [0, 0.05) is 18.7 Å². The summed E-state index contributed by atoms with van der Waals surface area (Å²) in [5, 5.41) is 15.9. The molecule has 0 saturated heterocycles. The fraction of sp³-hybridized carbons (Fsp3) is 0.625. The van der Waals surface area contributed by atoms with Gasteiger partial charge in [-0.2, -0.15) is 5.10 Å². The molecule has 0 spiro atoms. The highest BCUT2D eigenvalue weighted by Gasteiger charge is 2.20. The van der Waals surface area contributed by atoms with Crippen LogP contribution in [0.1, 0.15) is 55.3 Å². The predicted molar refractivity (Wildman–Crippen MR) is 85.8 cm³/mol. The molecule has 0 saturated carbocycles. The Labute approximate surface area is 136 Å². The Hall–Kier alpha value is -2.18. The van der Waals surface area contributed by atoms with Gasteiger partial charge in [-0.3, -0.25) is 9.48 Å². The molecule has 2 aromatic heterocycles. The largest absolute Gasteiger partial charge is 0.345 e. The summed E-state index contributed by atoms with van der Waals surface area (Å²) >= 11 is 0. The molecule has 0 aromatic carbocycles. The number of aryl methyl sites for hydroxylation is 3. The van der Waals surface area contributed by atoms with Crippen molar-refractivity contribution in [2.75, 3.05) is 0 Å². The second kappa shape index (κ2) is 6.52. The molecule has 7 nitrogen and oxygen atoms in total. The zero-order chi connectivity index (χ0) is 16.4. The van der Waals surface area contributed by atoms with Crippen molar-refractivity contribution in [3.8, 4) is 0 Å². The van der Waals surface area contributed by atoms with Crippen LogP contribution in [0, 0.1) is 13.8 Å². The molecule has 23 heavy (non-hydrogen) atoms. The Morgan fingerprint density at radius 1 is 1.30 bits per heavy atom. The van der Waals surface area contributed by atoms with Gasteiger partial charge in [-0.25, -0.2) is 0 Å². The van der Waals surface area contributed by atoms with Gasteiger partial charge in [-0.05, 0) is 39.7 Å². The third kappa shape index (κ3) is 3.43. The summed E-state index contributed by atoms with van der Waals surface area (Å²) in [7, 11) is 0. The fourth-order valence-corrected chi connectivity index (χ4v) is 3.15. The number of hydrogen-bond donors (Lipinski definition) is 1. The van der Waals surface area contributed by atoms with E-state index in [1.165, 1.54) is 6.42 Å². The maximum absolute atomic E-state index is 12.3. The lowest BCUT2D eigenvalue weighted by atomic mass is 10.2. The Balaban J connectivity index is 1.67. The summed E-state index contributed by atoms with van der Waals surface area (Å²) in [6.07, 6.45) is 4.50. The van der Waals surface area contributed by atoms with Crippen LogP contribution < -0.4 is 5.32 Å². The van der Waals surface area contributed by atoms with E-state index in [0.717, 1.165) is 48.8 Å². The number of amides is 1. The minimum Gasteiger partial charge on any atom is -0.345 e. The number of aromatic nitrogens is 5. The van der Waals surface area contributed by atoms with Gasteiger partial charge in [0.2, 0.25) is 5.91 Å². The molecule has 0 radical (unpaired) electrons. The van der Waals surface area contributed by atoms with E-state index in [1.54, 1.807) is 4.68 Å². The number of nitrogens with zero attached hydrogens (tertiary/aromatic N) is 5. The fourth-order valence-electron chi connectivity index (χ4n) is 3.15. The van der Waals surface area contributed by atoms with Crippen molar-refractivity contribution in [1.82, 2.24) is 29.9 Å². The first-order valence-corrected chi connectivity index (χ1v) is 8.27. The lowest BCUT2D eigenvalue weighted by Gasteiger charge is -2.15. The van der Waals surface area contributed by atoms with E-state index in [2.05, 4.69) is 25.2 Å². The number of fused-ring (bicyclic) bond motifs is 1. The summed E-state index contributed by atoms with van der Waals surface area (Å²) in [6, 6.07) is 1.81. The molecule has 1 aliphatic heterocycles. The molecule has 1 atom stereocenters. The SMILES string of the molecule is Cc1cc(C)n(CC(=O)N[C@@H](C)c2nnc3n2CCCCC3)n1. The molecule has 0 aliphatic carbocycles. The maximum atomic E-state index is 12.3. The van der Waals surface area contributed by atoms with Crippen LogP contribution in [0.4, 0.5) is 0 Å². The van der Waals surface area contributed by atoms with Crippen molar-refractivity contribution < 1.29 is 4.79 Å². The molecule has 3 heterocycles. The third-order valence-electron chi connectivity index (χ3n) is 4.30. The average Bonchev–Trinajstić information content (AvgIpc) is 2.93. The standard InChI is InChI=1S/C16H24N6O/c1-11-9-12(2)22(20-11)10-15(23)17-13(3)16-19-18-14-7-5-4-6-8-21(14)16/h9,13H,4-8,10H2,1-3H3,(H,17,23)/t13-/m0/s1. The second-order valence-corrected chi connectivity index (χ2v) is 6.31. The van der Waals surface area contributed by atoms with Crippen molar-refractivity contribution in [2.24, 2.45) is 0 Å². The Morgan fingerprint density at radius 3 is 2.87 bits per heavy atom. The molecule has 1 N–H and O–H groups in total. The zero-order valence-corrected chi connectivity index (χ0v) is 14.0. The molecule has 0 bridgehead atoms. The molecular weight excluding hydrogens is 292 g/mol. The van der Waals surface area contributed by atoms with Crippen molar-refractivity contribution in [3.63, 3.8) is 0 Å². The van der Waals surface area contributed by atoms with E-state index in [-0.39, 0.29) is 18.5 Å². The van der Waals surface area contributed by atoms with Crippen LogP contribution in [-0.4, -0.2) is 30.5 Å². The van der Waals surface area contributed by atoms with Gasteiger partial charge in [0.15, 0.2) is 5.82 Å². The highest BCUT2D eigenvalue weighted by Crippen LogP contribution is 2.18. The smallest absolute Gasteiger partial charge is 0.242 e. The quantitative estimate of drug-likeness (QED) is 0.931. The molecule has 124 valence electrons. The number of carbonyl (C=O) groups is 1. The summed E-state index contributed by atoms with van der Waals surface area (Å²) in [5.74, 6) is 1.83. The number of nitrogens with one attached hydrogen (secondary N) is 1. The molecule has 7 heteroatoms. The van der Waals surface area contributed by atoms with E-state index < -0.39 is 0 Å². The molecular formula is C16H24N6O. The lowest BCUT2D eigenvalue weighted by Crippen LogP contribution is -2.32. The highest BCUT2D eigenvalue weighted by atomic mass is 16.2. The van der Waals surface area contributed by atoms with Crippen LogP contribution in [0.25, 0.3) is 0 Å². The highest BCUT2D eigenvalue weighted by molar-refractivity contribution is 5.76. The van der Waals surface area contributed by atoms with E-state index in [4.69, 9.17) is 0 Å². The van der Waals surface area contributed by atoms with Crippen LogP contribution in [0.3, 0.4) is 0 Å². The monoisotopic (exact) mass is 316 g/mol. The van der Waals surface area contributed by atoms with E-state index in [9.17, 15) is 4.79 Å². The summed E-state index contributed by atoms with van der Waals surface area (Å²) in [4.78, 5) is 12.3. The van der Waals surface area contributed by atoms with Crippen LogP contribution in [0.15, 0.2) is 6.07 Å². The van der Waals surface area contributed by atoms with Gasteiger partial charge in [0.05, 0.1) is 11.7 Å². The predicted octanol–water partition coefficient (Wildman–Crippen LogP) is 1.70. The van der Waals surface area contributed by atoms with E-state index in [0.29, 0.717) is 0 Å². The number of hydrogen-bond acceptors (Lipinski definition) is 4. The topological polar surface area (TPSA) is 77.6 Å². The molecule has 2 aromatic rings. The van der Waals surface area contributed by atoms with Crippen molar-refractivity contribution >= 4 is 5.91 Å². The summed E-state index contributed by atoms with van der Waals surface area (Å²) in [6.45, 7) is 7.01. The minimum atomic E-state index is -0.154. The first kappa shape index (κ1) is 15.7. The molecule has 0 fully saturated rings. The minimum absolute atomic E-state index is 0.0605. The molecule has 3 rings (SSSR count). The molecule has 1 amide bonds. The summed E-state index contributed by atoms with van der Waals surface area (Å²) < 4.78 is 3.89. The van der Waals surface area contributed by atoms with Crippen LogP contribution in [0.5, 0.6) is 0 Å². The van der Waals surface area contributed by atoms with E-state index >= 15 is 0 Å². The summed E-state index contributed by atoms with van der Waals surface area (Å²) in [5.41, 5.74) is 1.91. The van der Waals surface area contributed by atoms with Gasteiger partial charge in [-0.15, -0.1) is 10.2 Å². The van der Waals surface area contributed by atoms with E-state index in [1.807, 2.05) is 26.8 Å². The number of rotatable bonds is 4. The second-order valence-electron chi connectivity index (χ2n) is 6.31. The van der Waals surface area contributed by atoms with Crippen molar-refractivity contribution in [3.05, 3.63) is 29.1 Å². The van der Waals surface area contributed by atoms with Crippen molar-refractivity contribution in [2.45, 2.75) is 65.6 Å². The van der Waals surface area contributed by atoms with Gasteiger partial charge >= 0.3 is 0 Å². The number of carbonyl (C=O) groups excluding carboxylic acids is 1. The van der Waals surface area contributed by atoms with Crippen LogP contribution >= 0.6 is 0 Å². The Bertz CT molecular complexity index is 701. The van der Waals surface area contributed by atoms with Gasteiger partial charge in [0.25, 0.3) is 0 Å². The first-order valence-electron chi connectivity index (χ1n) is 8.27. The normalized spacial score (nSPS) is 15.8. The zero-order valence-electron chi connectivity index (χ0n) is 14.0. The van der Waals surface area contributed by atoms with Crippen LogP contribution in [-0.2, 0) is 24.3 Å². The van der Waals surface area contributed by atoms with Crippen LogP contribution in [0.2, 0.25) is 0 Å². The lowest BCUT2D eigenvalue weighted by molar-refractivity contribution is -0.122. The Kier molecular flexibility index (Phi) is 4.45. The maximum Gasteiger partial charge on any atom is 0.242 e.